The summed E-state index contributed by atoms with van der Waals surface area (Å²) in [5, 5.41) is 9.47. The number of esters is 1. The van der Waals surface area contributed by atoms with Crippen LogP contribution in [0.5, 0.6) is 11.5 Å². The molecule has 0 amide bonds. The van der Waals surface area contributed by atoms with Crippen LogP contribution in [0.2, 0.25) is 0 Å². The average Bonchev–Trinajstić information content (AvgIpc) is 2.76. The van der Waals surface area contributed by atoms with E-state index in [1.54, 1.807) is 0 Å². The lowest BCUT2D eigenvalue weighted by molar-refractivity contribution is -0.132. The van der Waals surface area contributed by atoms with E-state index in [1.807, 2.05) is 6.07 Å². The first-order valence-corrected chi connectivity index (χ1v) is 8.12. The molecule has 1 atom stereocenters. The van der Waals surface area contributed by atoms with Gasteiger partial charge in [-0.3, -0.25) is 4.79 Å². The lowest BCUT2D eigenvalue weighted by Gasteiger charge is -2.30. The highest BCUT2D eigenvalue weighted by atomic mass is 16.5. The van der Waals surface area contributed by atoms with Crippen LogP contribution in [0, 0.1) is 0 Å². The molecule has 4 heteroatoms. The highest BCUT2D eigenvalue weighted by Crippen LogP contribution is 2.48. The molecule has 1 heterocycles. The molecule has 4 nitrogen and oxygen atoms in total. The molecule has 1 aliphatic heterocycles. The van der Waals surface area contributed by atoms with E-state index < -0.39 is 0 Å². The molecule has 0 radical (unpaired) electrons. The van der Waals surface area contributed by atoms with Crippen molar-refractivity contribution in [1.29, 1.82) is 0 Å². The van der Waals surface area contributed by atoms with Crippen LogP contribution < -0.4 is 9.47 Å². The minimum Gasteiger partial charge on any atom is -0.487 e. The molecule has 0 aliphatic carbocycles. The van der Waals surface area contributed by atoms with Gasteiger partial charge in [0.25, 0.3) is 0 Å². The summed E-state index contributed by atoms with van der Waals surface area (Å²) >= 11 is 0. The standard InChI is InChI=1S/C19H28O4/c1-11(21)22-17-14(18(2,3)4)9-15-13(8-12(10-20)23-15)16(17)19(5,6)7/h9,12,20H,8,10H2,1-7H3. The van der Waals surface area contributed by atoms with E-state index in [0.29, 0.717) is 12.2 Å². The van der Waals surface area contributed by atoms with Crippen LogP contribution in [0.4, 0.5) is 0 Å². The topological polar surface area (TPSA) is 55.8 Å². The Morgan fingerprint density at radius 3 is 2.30 bits per heavy atom. The predicted molar refractivity (Wildman–Crippen MR) is 90.4 cm³/mol. The maximum Gasteiger partial charge on any atom is 0.308 e. The van der Waals surface area contributed by atoms with E-state index in [9.17, 15) is 9.90 Å². The van der Waals surface area contributed by atoms with Gasteiger partial charge in [0.2, 0.25) is 0 Å². The number of hydrogen-bond donors (Lipinski definition) is 1. The zero-order valence-corrected chi connectivity index (χ0v) is 15.2. The molecule has 1 unspecified atom stereocenters. The predicted octanol–water partition coefficient (Wildman–Crippen LogP) is 3.50. The Kier molecular flexibility index (Phi) is 4.51. The van der Waals surface area contributed by atoms with Gasteiger partial charge in [-0.2, -0.15) is 0 Å². The van der Waals surface area contributed by atoms with Gasteiger partial charge < -0.3 is 14.6 Å². The van der Waals surface area contributed by atoms with Gasteiger partial charge in [-0.05, 0) is 16.9 Å². The molecule has 1 aromatic carbocycles. The van der Waals surface area contributed by atoms with E-state index in [0.717, 1.165) is 22.4 Å². The van der Waals surface area contributed by atoms with Crippen molar-refractivity contribution in [3.8, 4) is 11.5 Å². The van der Waals surface area contributed by atoms with Crippen LogP contribution in [0.25, 0.3) is 0 Å². The summed E-state index contributed by atoms with van der Waals surface area (Å²) < 4.78 is 11.6. The van der Waals surface area contributed by atoms with Crippen LogP contribution in [-0.4, -0.2) is 23.8 Å². The Balaban J connectivity index is 2.79. The Morgan fingerprint density at radius 2 is 1.87 bits per heavy atom. The van der Waals surface area contributed by atoms with Crippen molar-refractivity contribution in [3.05, 3.63) is 22.8 Å². The normalized spacial score (nSPS) is 17.7. The average molecular weight is 320 g/mol. The van der Waals surface area contributed by atoms with Crippen molar-refractivity contribution in [2.24, 2.45) is 0 Å². The van der Waals surface area contributed by atoms with Crippen molar-refractivity contribution in [2.75, 3.05) is 6.61 Å². The highest BCUT2D eigenvalue weighted by molar-refractivity contribution is 5.72. The Hall–Kier alpha value is -1.55. The molecule has 23 heavy (non-hydrogen) atoms. The molecule has 1 aliphatic rings. The van der Waals surface area contributed by atoms with Crippen molar-refractivity contribution >= 4 is 5.97 Å². The number of aliphatic hydroxyl groups is 1. The maximum atomic E-state index is 11.7. The molecular weight excluding hydrogens is 292 g/mol. The summed E-state index contributed by atoms with van der Waals surface area (Å²) in [6.07, 6.45) is 0.406. The Bertz CT molecular complexity index is 618. The summed E-state index contributed by atoms with van der Waals surface area (Å²) in [5.41, 5.74) is 2.60. The summed E-state index contributed by atoms with van der Waals surface area (Å²) in [6, 6.07) is 1.97. The first-order valence-electron chi connectivity index (χ1n) is 8.12. The number of aliphatic hydroxyl groups excluding tert-OH is 1. The van der Waals surface area contributed by atoms with Gasteiger partial charge in [0.15, 0.2) is 0 Å². The molecule has 0 fully saturated rings. The van der Waals surface area contributed by atoms with Gasteiger partial charge in [0.1, 0.15) is 17.6 Å². The maximum absolute atomic E-state index is 11.7. The summed E-state index contributed by atoms with van der Waals surface area (Å²) in [6.45, 7) is 14.0. The Labute approximate surface area is 138 Å². The second kappa shape index (κ2) is 5.82. The largest absolute Gasteiger partial charge is 0.487 e. The lowest BCUT2D eigenvalue weighted by atomic mass is 9.76. The molecule has 0 aromatic heterocycles. The fraction of sp³-hybridized carbons (Fsp3) is 0.632. The number of rotatable bonds is 2. The van der Waals surface area contributed by atoms with E-state index >= 15 is 0 Å². The minimum atomic E-state index is -0.321. The first kappa shape index (κ1) is 17.8. The van der Waals surface area contributed by atoms with Crippen LogP contribution in [0.3, 0.4) is 0 Å². The van der Waals surface area contributed by atoms with Crippen LogP contribution >= 0.6 is 0 Å². The third-order valence-corrected chi connectivity index (χ3v) is 4.08. The van der Waals surface area contributed by atoms with Crippen LogP contribution in [0.1, 0.15) is 65.2 Å². The molecule has 1 aromatic rings. The van der Waals surface area contributed by atoms with Gasteiger partial charge in [0.05, 0.1) is 6.61 Å². The zero-order valence-electron chi connectivity index (χ0n) is 15.2. The summed E-state index contributed by atoms with van der Waals surface area (Å²) in [7, 11) is 0. The Morgan fingerprint density at radius 1 is 1.26 bits per heavy atom. The molecule has 0 saturated carbocycles. The lowest BCUT2D eigenvalue weighted by Crippen LogP contribution is -2.22. The number of hydrogen-bond acceptors (Lipinski definition) is 4. The first-order chi connectivity index (χ1) is 10.4. The van der Waals surface area contributed by atoms with Crippen molar-refractivity contribution in [1.82, 2.24) is 0 Å². The smallest absolute Gasteiger partial charge is 0.308 e. The number of fused-ring (bicyclic) bond motifs is 1. The van der Waals surface area contributed by atoms with Gasteiger partial charge in [-0.15, -0.1) is 0 Å². The number of carbonyl (C=O) groups excluding carboxylic acids is 1. The van der Waals surface area contributed by atoms with Gasteiger partial charge in [-0.1, -0.05) is 41.5 Å². The van der Waals surface area contributed by atoms with Gasteiger partial charge in [-0.25, -0.2) is 0 Å². The van der Waals surface area contributed by atoms with E-state index in [1.165, 1.54) is 6.92 Å². The van der Waals surface area contributed by atoms with Crippen molar-refractivity contribution < 1.29 is 19.4 Å². The molecule has 128 valence electrons. The molecule has 1 N–H and O–H groups in total. The fourth-order valence-corrected chi connectivity index (χ4v) is 3.14. The van der Waals surface area contributed by atoms with Gasteiger partial charge in [0, 0.05) is 30.0 Å². The molecule has 0 spiro atoms. The van der Waals surface area contributed by atoms with Gasteiger partial charge >= 0.3 is 5.97 Å². The second-order valence-corrected chi connectivity index (χ2v) is 8.33. The quantitative estimate of drug-likeness (QED) is 0.669. The molecular formula is C19H28O4. The van der Waals surface area contributed by atoms with E-state index in [2.05, 4.69) is 41.5 Å². The van der Waals surface area contributed by atoms with Crippen molar-refractivity contribution in [2.45, 2.75) is 71.8 Å². The second-order valence-electron chi connectivity index (χ2n) is 8.33. The monoisotopic (exact) mass is 320 g/mol. The van der Waals surface area contributed by atoms with Crippen LogP contribution in [-0.2, 0) is 22.0 Å². The number of ether oxygens (including phenoxy) is 2. The molecule has 0 bridgehead atoms. The molecule has 0 saturated heterocycles. The fourth-order valence-electron chi connectivity index (χ4n) is 3.14. The number of carbonyl (C=O) groups is 1. The van der Waals surface area contributed by atoms with E-state index in [4.69, 9.17) is 9.47 Å². The third-order valence-electron chi connectivity index (χ3n) is 4.08. The van der Waals surface area contributed by atoms with Crippen LogP contribution in [0.15, 0.2) is 6.07 Å². The van der Waals surface area contributed by atoms with Crippen molar-refractivity contribution in [3.63, 3.8) is 0 Å². The summed E-state index contributed by atoms with van der Waals surface area (Å²) in [5.74, 6) is 1.13. The zero-order chi connectivity index (χ0) is 17.6. The van der Waals surface area contributed by atoms with E-state index in [-0.39, 0.29) is 29.5 Å². The number of benzene rings is 1. The summed E-state index contributed by atoms with van der Waals surface area (Å²) in [4.78, 5) is 11.7. The third kappa shape index (κ3) is 3.52. The molecule has 2 rings (SSSR count). The highest BCUT2D eigenvalue weighted by Gasteiger charge is 2.36. The minimum absolute atomic E-state index is 0.0218. The SMILES string of the molecule is CC(=O)Oc1c(C(C)(C)C)cc2c(c1C(C)(C)C)CC(CO)O2.